The number of rotatable bonds is 15. The fraction of sp³-hybridized carbons (Fsp3) is 0.650. The van der Waals surface area contributed by atoms with Gasteiger partial charge >= 0.3 is 5.97 Å². The Morgan fingerprint density at radius 1 is 1.06 bits per heavy atom. The Hall–Kier alpha value is -3.03. The van der Waals surface area contributed by atoms with E-state index in [1.165, 1.54) is 12.5 Å². The van der Waals surface area contributed by atoms with Crippen LogP contribution < -0.4 is 27.4 Å². The summed E-state index contributed by atoms with van der Waals surface area (Å²) in [5.74, 6) is -3.63. The van der Waals surface area contributed by atoms with Gasteiger partial charge in [-0.05, 0) is 31.7 Å². The lowest BCUT2D eigenvalue weighted by molar-refractivity contribution is -0.143. The zero-order chi connectivity index (χ0) is 25.0. The monoisotopic (exact) mass is 469 g/mol. The maximum absolute atomic E-state index is 13.0. The molecule has 0 spiro atoms. The quantitative estimate of drug-likeness (QED) is 0.128. The van der Waals surface area contributed by atoms with E-state index in [0.29, 0.717) is 25.1 Å². The normalized spacial score (nSPS) is 14.7. The second kappa shape index (κ2) is 14.2. The van der Waals surface area contributed by atoms with Crippen molar-refractivity contribution in [3.63, 3.8) is 0 Å². The zero-order valence-electron chi connectivity index (χ0n) is 18.9. The van der Waals surface area contributed by atoms with Crippen LogP contribution in [0.25, 0.3) is 0 Å². The van der Waals surface area contributed by atoms with Crippen molar-refractivity contribution < 1.29 is 29.4 Å². The zero-order valence-corrected chi connectivity index (χ0v) is 18.9. The molecule has 1 heterocycles. The Morgan fingerprint density at radius 2 is 1.70 bits per heavy atom. The molecule has 186 valence electrons. The number of imidazole rings is 1. The maximum atomic E-state index is 13.0. The summed E-state index contributed by atoms with van der Waals surface area (Å²) < 4.78 is 0. The third kappa shape index (κ3) is 9.55. The second-order valence-electron chi connectivity index (χ2n) is 8.05. The topological polar surface area (TPSA) is 226 Å². The van der Waals surface area contributed by atoms with Crippen molar-refractivity contribution in [3.8, 4) is 0 Å². The van der Waals surface area contributed by atoms with Crippen molar-refractivity contribution in [3.05, 3.63) is 18.2 Å². The molecule has 0 aliphatic heterocycles. The summed E-state index contributed by atoms with van der Waals surface area (Å²) in [7, 11) is 0. The number of amides is 3. The third-order valence-electron chi connectivity index (χ3n) is 4.96. The number of carbonyl (C=O) groups excluding carboxylic acids is 3. The van der Waals surface area contributed by atoms with E-state index in [1.807, 2.05) is 0 Å². The summed E-state index contributed by atoms with van der Waals surface area (Å²) in [5, 5.41) is 26.0. The number of aromatic nitrogens is 2. The molecular weight excluding hydrogens is 434 g/mol. The van der Waals surface area contributed by atoms with E-state index < -0.39 is 54.5 Å². The average Bonchev–Trinajstić information content (AvgIpc) is 3.28. The molecule has 10 N–H and O–H groups in total. The summed E-state index contributed by atoms with van der Waals surface area (Å²) in [6, 6.07) is -4.53. The summed E-state index contributed by atoms with van der Waals surface area (Å²) in [6.07, 6.45) is 4.25. The average molecular weight is 470 g/mol. The number of hydrogen-bond acceptors (Lipinski definition) is 8. The number of unbranched alkanes of at least 4 members (excludes halogenated alkanes) is 1. The number of aliphatic carboxylic acids is 1. The Labute approximate surface area is 192 Å². The molecule has 1 aromatic rings. The van der Waals surface area contributed by atoms with Gasteiger partial charge < -0.3 is 42.6 Å². The molecule has 0 aliphatic carbocycles. The van der Waals surface area contributed by atoms with Crippen molar-refractivity contribution in [1.82, 2.24) is 25.9 Å². The first-order valence-corrected chi connectivity index (χ1v) is 10.8. The number of aliphatic hydroxyl groups excluding tert-OH is 1. The van der Waals surface area contributed by atoms with Gasteiger partial charge in [-0.2, -0.15) is 0 Å². The van der Waals surface area contributed by atoms with Gasteiger partial charge in [0.15, 0.2) is 0 Å². The van der Waals surface area contributed by atoms with E-state index in [0.717, 1.165) is 0 Å². The van der Waals surface area contributed by atoms with E-state index in [2.05, 4.69) is 25.9 Å². The van der Waals surface area contributed by atoms with E-state index in [1.54, 1.807) is 13.8 Å². The van der Waals surface area contributed by atoms with Crippen molar-refractivity contribution in [2.24, 2.45) is 17.4 Å². The largest absolute Gasteiger partial charge is 0.480 e. The molecule has 4 unspecified atom stereocenters. The predicted molar refractivity (Wildman–Crippen MR) is 119 cm³/mol. The summed E-state index contributed by atoms with van der Waals surface area (Å²) in [4.78, 5) is 56.2. The van der Waals surface area contributed by atoms with Gasteiger partial charge in [0, 0.05) is 18.3 Å². The minimum atomic E-state index is -1.23. The van der Waals surface area contributed by atoms with Crippen molar-refractivity contribution in [2.45, 2.75) is 63.7 Å². The second-order valence-corrected chi connectivity index (χ2v) is 8.05. The first-order valence-electron chi connectivity index (χ1n) is 10.8. The molecule has 0 bridgehead atoms. The van der Waals surface area contributed by atoms with Crippen molar-refractivity contribution >= 4 is 23.7 Å². The molecule has 0 saturated carbocycles. The Bertz CT molecular complexity index is 771. The highest BCUT2D eigenvalue weighted by molar-refractivity contribution is 5.94. The number of aromatic amines is 1. The maximum Gasteiger partial charge on any atom is 0.326 e. The highest BCUT2D eigenvalue weighted by Gasteiger charge is 2.31. The van der Waals surface area contributed by atoms with E-state index >= 15 is 0 Å². The lowest BCUT2D eigenvalue weighted by atomic mass is 10.0. The van der Waals surface area contributed by atoms with Crippen LogP contribution in [0.1, 0.15) is 38.8 Å². The summed E-state index contributed by atoms with van der Waals surface area (Å²) in [5.41, 5.74) is 11.6. The molecule has 13 heteroatoms. The fourth-order valence-corrected chi connectivity index (χ4v) is 2.99. The van der Waals surface area contributed by atoms with Gasteiger partial charge in [-0.25, -0.2) is 9.78 Å². The van der Waals surface area contributed by atoms with Gasteiger partial charge in [-0.1, -0.05) is 13.8 Å². The number of nitrogens with zero attached hydrogens (tertiary/aromatic N) is 1. The molecule has 4 atom stereocenters. The number of carboxylic acids is 1. The third-order valence-corrected chi connectivity index (χ3v) is 4.96. The van der Waals surface area contributed by atoms with Crippen LogP contribution in [-0.2, 0) is 25.6 Å². The number of nitrogens with one attached hydrogen (secondary N) is 4. The van der Waals surface area contributed by atoms with Crippen molar-refractivity contribution in [1.29, 1.82) is 0 Å². The lowest BCUT2D eigenvalue weighted by Gasteiger charge is -2.26. The van der Waals surface area contributed by atoms with Crippen LogP contribution in [0.4, 0.5) is 0 Å². The number of nitrogens with two attached hydrogens (primary N) is 2. The number of carbonyl (C=O) groups is 4. The first-order chi connectivity index (χ1) is 15.6. The van der Waals surface area contributed by atoms with Crippen LogP contribution in [0.5, 0.6) is 0 Å². The van der Waals surface area contributed by atoms with Crippen LogP contribution in [0.3, 0.4) is 0 Å². The molecule has 33 heavy (non-hydrogen) atoms. The molecule has 1 aromatic heterocycles. The van der Waals surface area contributed by atoms with E-state index in [-0.39, 0.29) is 18.8 Å². The van der Waals surface area contributed by atoms with Crippen LogP contribution in [0.2, 0.25) is 0 Å². The van der Waals surface area contributed by atoms with Crippen LogP contribution >= 0.6 is 0 Å². The molecule has 0 fully saturated rings. The van der Waals surface area contributed by atoms with Crippen LogP contribution in [0.15, 0.2) is 12.5 Å². The Kier molecular flexibility index (Phi) is 12.0. The Morgan fingerprint density at radius 3 is 2.21 bits per heavy atom. The fourth-order valence-electron chi connectivity index (χ4n) is 2.99. The molecule has 0 radical (unpaired) electrons. The SMILES string of the molecule is CC(C)C(NC(=O)C(CCCCN)NC(=O)C(Cc1cnc[nH]1)NC(=O)C(N)CO)C(=O)O. The molecular formula is C20H35N7O6. The standard InChI is InChI=1S/C20H35N7O6/c1-11(2)16(20(32)33)27-18(30)14(5-3-4-6-21)25-19(31)15(7-12-8-23-10-24-12)26-17(29)13(22)9-28/h8,10-11,13-16,28H,3-7,9,21-22H2,1-2H3,(H,23,24)(H,25,31)(H,26,29)(H,27,30)(H,32,33). The number of aliphatic hydroxyl groups is 1. The van der Waals surface area contributed by atoms with E-state index in [9.17, 15) is 24.3 Å². The molecule has 0 aliphatic rings. The Balaban J connectivity index is 3.02. The number of H-pyrrole nitrogens is 1. The highest BCUT2D eigenvalue weighted by atomic mass is 16.4. The van der Waals surface area contributed by atoms with Gasteiger partial charge in [0.05, 0.1) is 12.9 Å². The molecule has 0 saturated heterocycles. The van der Waals surface area contributed by atoms with Crippen LogP contribution in [0, 0.1) is 5.92 Å². The highest BCUT2D eigenvalue weighted by Crippen LogP contribution is 2.07. The lowest BCUT2D eigenvalue weighted by Crippen LogP contribution is -2.58. The van der Waals surface area contributed by atoms with Gasteiger partial charge in [0.1, 0.15) is 24.2 Å². The minimum Gasteiger partial charge on any atom is -0.480 e. The molecule has 1 rings (SSSR count). The van der Waals surface area contributed by atoms with Crippen LogP contribution in [-0.4, -0.2) is 81.2 Å². The predicted octanol–water partition coefficient (Wildman–Crippen LogP) is -2.40. The van der Waals surface area contributed by atoms with E-state index in [4.69, 9.17) is 16.6 Å². The first kappa shape index (κ1) is 28.0. The van der Waals surface area contributed by atoms with Gasteiger partial charge in [-0.3, -0.25) is 14.4 Å². The minimum absolute atomic E-state index is 0.0244. The molecule has 3 amide bonds. The number of hydrogen-bond donors (Lipinski definition) is 8. The summed E-state index contributed by atoms with van der Waals surface area (Å²) >= 11 is 0. The summed E-state index contributed by atoms with van der Waals surface area (Å²) in [6.45, 7) is 3.09. The number of carboxylic acid groups (broad SMARTS) is 1. The van der Waals surface area contributed by atoms with Crippen molar-refractivity contribution in [2.75, 3.05) is 13.2 Å². The van der Waals surface area contributed by atoms with Gasteiger partial charge in [-0.15, -0.1) is 0 Å². The van der Waals surface area contributed by atoms with Gasteiger partial charge in [0.25, 0.3) is 0 Å². The molecule has 13 nitrogen and oxygen atoms in total. The molecule has 0 aromatic carbocycles. The smallest absolute Gasteiger partial charge is 0.326 e. The van der Waals surface area contributed by atoms with Gasteiger partial charge in [0.2, 0.25) is 17.7 Å².